The first-order chi connectivity index (χ1) is 11.0. The van der Waals surface area contributed by atoms with E-state index in [1.54, 1.807) is 19.1 Å². The van der Waals surface area contributed by atoms with E-state index < -0.39 is 11.8 Å². The highest BCUT2D eigenvalue weighted by atomic mass is 19.1. The molecule has 2 N–H and O–H groups in total. The standard InChI is InChI=1S/C18H19FN2O2/c1-12(14-6-4-3-5-7-14)20-17(22)18(23)21-13(2)15-8-10-16(19)11-9-15/h3-13H,1-2H3,(H,20,22)(H,21,23)/t12-,13+/m1/s1. The number of carbonyl (C=O) groups excluding carboxylic acids is 2. The minimum absolute atomic E-state index is 0.268. The van der Waals surface area contributed by atoms with E-state index in [-0.39, 0.29) is 17.9 Å². The van der Waals surface area contributed by atoms with Crippen LogP contribution in [0.15, 0.2) is 54.6 Å². The lowest BCUT2D eigenvalue weighted by Gasteiger charge is -2.17. The van der Waals surface area contributed by atoms with E-state index in [2.05, 4.69) is 10.6 Å². The normalized spacial score (nSPS) is 13.0. The molecule has 0 aliphatic carbocycles. The predicted molar refractivity (Wildman–Crippen MR) is 86.0 cm³/mol. The molecule has 2 atom stereocenters. The molecule has 4 nitrogen and oxygen atoms in total. The first-order valence-corrected chi connectivity index (χ1v) is 7.39. The van der Waals surface area contributed by atoms with Gasteiger partial charge in [-0.3, -0.25) is 9.59 Å². The third kappa shape index (κ3) is 4.64. The van der Waals surface area contributed by atoms with Crippen molar-refractivity contribution in [2.45, 2.75) is 25.9 Å². The zero-order valence-electron chi connectivity index (χ0n) is 13.0. The SMILES string of the molecule is C[C@H](NC(=O)C(=O)N[C@H](C)c1ccccc1)c1ccc(F)cc1. The molecule has 0 heterocycles. The van der Waals surface area contributed by atoms with Crippen molar-refractivity contribution in [2.75, 3.05) is 0 Å². The van der Waals surface area contributed by atoms with Gasteiger partial charge in [0.15, 0.2) is 0 Å². The Kier molecular flexibility index (Phi) is 5.46. The van der Waals surface area contributed by atoms with Crippen LogP contribution in [0.25, 0.3) is 0 Å². The quantitative estimate of drug-likeness (QED) is 0.853. The van der Waals surface area contributed by atoms with Gasteiger partial charge in [-0.1, -0.05) is 42.5 Å². The van der Waals surface area contributed by atoms with Gasteiger partial charge in [0, 0.05) is 0 Å². The zero-order valence-corrected chi connectivity index (χ0v) is 13.0. The fourth-order valence-electron chi connectivity index (χ4n) is 2.18. The first kappa shape index (κ1) is 16.7. The molecule has 2 aromatic rings. The summed E-state index contributed by atoms with van der Waals surface area (Å²) in [7, 11) is 0. The summed E-state index contributed by atoms with van der Waals surface area (Å²) in [5.41, 5.74) is 1.64. The van der Waals surface area contributed by atoms with Crippen LogP contribution in [0, 0.1) is 5.82 Å². The van der Waals surface area contributed by atoms with Gasteiger partial charge in [0.25, 0.3) is 0 Å². The van der Waals surface area contributed by atoms with Crippen molar-refractivity contribution in [3.63, 3.8) is 0 Å². The Morgan fingerprint density at radius 2 is 1.22 bits per heavy atom. The van der Waals surface area contributed by atoms with Gasteiger partial charge in [-0.05, 0) is 37.1 Å². The molecule has 0 radical (unpaired) electrons. The molecule has 0 spiro atoms. The molecular weight excluding hydrogens is 295 g/mol. The van der Waals surface area contributed by atoms with E-state index in [4.69, 9.17) is 0 Å². The summed E-state index contributed by atoms with van der Waals surface area (Å²) in [5.74, 6) is -1.76. The van der Waals surface area contributed by atoms with Crippen LogP contribution in [0.2, 0.25) is 0 Å². The number of benzene rings is 2. The van der Waals surface area contributed by atoms with Crippen molar-refractivity contribution < 1.29 is 14.0 Å². The lowest BCUT2D eigenvalue weighted by Crippen LogP contribution is -2.41. The van der Waals surface area contributed by atoms with Gasteiger partial charge in [0.05, 0.1) is 12.1 Å². The number of amides is 2. The van der Waals surface area contributed by atoms with E-state index in [9.17, 15) is 14.0 Å². The first-order valence-electron chi connectivity index (χ1n) is 7.39. The lowest BCUT2D eigenvalue weighted by molar-refractivity contribution is -0.140. The number of hydrogen-bond acceptors (Lipinski definition) is 2. The predicted octanol–water partition coefficient (Wildman–Crippen LogP) is 2.88. The average Bonchev–Trinajstić information content (AvgIpc) is 2.56. The fourth-order valence-corrected chi connectivity index (χ4v) is 2.18. The van der Waals surface area contributed by atoms with Gasteiger partial charge in [0.1, 0.15) is 5.82 Å². The summed E-state index contributed by atoms with van der Waals surface area (Å²) in [6.45, 7) is 3.54. The Morgan fingerprint density at radius 1 is 0.783 bits per heavy atom. The minimum atomic E-state index is -0.718. The molecule has 0 aliphatic rings. The van der Waals surface area contributed by atoms with Crippen LogP contribution in [0.1, 0.15) is 37.1 Å². The summed E-state index contributed by atoms with van der Waals surface area (Å²) in [5, 5.41) is 5.25. The smallest absolute Gasteiger partial charge is 0.309 e. The monoisotopic (exact) mass is 314 g/mol. The third-order valence-corrected chi connectivity index (χ3v) is 3.57. The maximum absolute atomic E-state index is 12.9. The van der Waals surface area contributed by atoms with Crippen molar-refractivity contribution in [3.05, 3.63) is 71.5 Å². The van der Waals surface area contributed by atoms with Gasteiger partial charge in [-0.25, -0.2) is 4.39 Å². The molecule has 2 aromatic carbocycles. The van der Waals surface area contributed by atoms with Crippen molar-refractivity contribution in [2.24, 2.45) is 0 Å². The molecule has 0 saturated heterocycles. The number of rotatable bonds is 4. The number of hydrogen-bond donors (Lipinski definition) is 2. The molecule has 120 valence electrons. The largest absolute Gasteiger partial charge is 0.341 e. The van der Waals surface area contributed by atoms with Crippen LogP contribution in [-0.2, 0) is 9.59 Å². The summed E-state index contributed by atoms with van der Waals surface area (Å²) in [6, 6.07) is 14.5. The van der Waals surface area contributed by atoms with Crippen LogP contribution in [0.4, 0.5) is 4.39 Å². The van der Waals surface area contributed by atoms with Gasteiger partial charge in [0.2, 0.25) is 0 Å². The molecule has 0 bridgehead atoms. The molecule has 2 rings (SSSR count). The Morgan fingerprint density at radius 3 is 1.70 bits per heavy atom. The maximum atomic E-state index is 12.9. The van der Waals surface area contributed by atoms with Crippen LogP contribution in [0.3, 0.4) is 0 Å². The lowest BCUT2D eigenvalue weighted by atomic mass is 10.1. The Balaban J connectivity index is 1.92. The second-order valence-electron chi connectivity index (χ2n) is 5.35. The zero-order chi connectivity index (χ0) is 16.8. The molecule has 0 fully saturated rings. The fraction of sp³-hybridized carbons (Fsp3) is 0.222. The van der Waals surface area contributed by atoms with Crippen molar-refractivity contribution >= 4 is 11.8 Å². The van der Waals surface area contributed by atoms with Gasteiger partial charge in [-0.15, -0.1) is 0 Å². The van der Waals surface area contributed by atoms with Gasteiger partial charge >= 0.3 is 11.8 Å². The van der Waals surface area contributed by atoms with Crippen LogP contribution in [-0.4, -0.2) is 11.8 Å². The van der Waals surface area contributed by atoms with Crippen LogP contribution in [0.5, 0.6) is 0 Å². The highest BCUT2D eigenvalue weighted by Crippen LogP contribution is 2.13. The van der Waals surface area contributed by atoms with E-state index in [1.165, 1.54) is 12.1 Å². The summed E-state index contributed by atoms with van der Waals surface area (Å²) in [6.07, 6.45) is 0. The summed E-state index contributed by atoms with van der Waals surface area (Å²) < 4.78 is 12.9. The van der Waals surface area contributed by atoms with Crippen molar-refractivity contribution in [1.29, 1.82) is 0 Å². The molecule has 0 unspecified atom stereocenters. The highest BCUT2D eigenvalue weighted by Gasteiger charge is 2.19. The highest BCUT2D eigenvalue weighted by molar-refractivity contribution is 6.35. The Hall–Kier alpha value is -2.69. The molecule has 0 aliphatic heterocycles. The number of halogens is 1. The molecule has 5 heteroatoms. The Bertz CT molecular complexity index is 671. The minimum Gasteiger partial charge on any atom is -0.341 e. The third-order valence-electron chi connectivity index (χ3n) is 3.57. The average molecular weight is 314 g/mol. The van der Waals surface area contributed by atoms with Crippen LogP contribution < -0.4 is 10.6 Å². The van der Waals surface area contributed by atoms with Gasteiger partial charge < -0.3 is 10.6 Å². The number of carbonyl (C=O) groups is 2. The molecule has 0 saturated carbocycles. The number of nitrogens with one attached hydrogen (secondary N) is 2. The molecular formula is C18H19FN2O2. The Labute approximate surface area is 134 Å². The van der Waals surface area contributed by atoms with Gasteiger partial charge in [-0.2, -0.15) is 0 Å². The maximum Gasteiger partial charge on any atom is 0.309 e. The molecule has 2 amide bonds. The van der Waals surface area contributed by atoms with Crippen molar-refractivity contribution in [1.82, 2.24) is 10.6 Å². The van der Waals surface area contributed by atoms with E-state index in [0.29, 0.717) is 0 Å². The topological polar surface area (TPSA) is 58.2 Å². The van der Waals surface area contributed by atoms with Crippen LogP contribution >= 0.6 is 0 Å². The molecule has 0 aromatic heterocycles. The second-order valence-corrected chi connectivity index (χ2v) is 5.35. The molecule has 23 heavy (non-hydrogen) atoms. The van der Waals surface area contributed by atoms with E-state index >= 15 is 0 Å². The van der Waals surface area contributed by atoms with Crippen molar-refractivity contribution in [3.8, 4) is 0 Å². The van der Waals surface area contributed by atoms with E-state index in [0.717, 1.165) is 11.1 Å². The van der Waals surface area contributed by atoms with E-state index in [1.807, 2.05) is 37.3 Å². The summed E-state index contributed by atoms with van der Waals surface area (Å²) >= 11 is 0. The summed E-state index contributed by atoms with van der Waals surface area (Å²) in [4.78, 5) is 23.9. The second kappa shape index (κ2) is 7.54.